The third-order valence-electron chi connectivity index (χ3n) is 3.27. The van der Waals surface area contributed by atoms with Gasteiger partial charge >= 0.3 is 0 Å². The number of rotatable bonds is 3. The van der Waals surface area contributed by atoms with Crippen molar-refractivity contribution in [3.8, 4) is 0 Å². The molecule has 1 heterocycles. The Labute approximate surface area is 121 Å². The molecule has 1 atom stereocenters. The number of benzene rings is 2. The summed E-state index contributed by atoms with van der Waals surface area (Å²) in [5.41, 5.74) is 3.28. The van der Waals surface area contributed by atoms with Crippen molar-refractivity contribution in [2.75, 3.05) is 0 Å². The predicted molar refractivity (Wildman–Crippen MR) is 77.4 cm³/mol. The first-order valence-electron chi connectivity index (χ1n) is 6.38. The zero-order valence-corrected chi connectivity index (χ0v) is 11.7. The maximum Gasteiger partial charge on any atom is 0.197 e. The Balaban J connectivity index is 1.88. The van der Waals surface area contributed by atoms with Gasteiger partial charge in [-0.2, -0.15) is 0 Å². The van der Waals surface area contributed by atoms with Gasteiger partial charge < -0.3 is 4.42 Å². The van der Waals surface area contributed by atoms with E-state index in [2.05, 4.69) is 4.98 Å². The van der Waals surface area contributed by atoms with Crippen LogP contribution in [0.15, 0.2) is 46.9 Å². The quantitative estimate of drug-likeness (QED) is 0.647. The Kier molecular flexibility index (Phi) is 3.45. The van der Waals surface area contributed by atoms with E-state index in [4.69, 9.17) is 16.0 Å². The average Bonchev–Trinajstić information content (AvgIpc) is 2.83. The molecular formula is C16H13ClFNO. The second-order valence-corrected chi connectivity index (χ2v) is 5.27. The fourth-order valence-corrected chi connectivity index (χ4v) is 2.59. The average molecular weight is 290 g/mol. The third-order valence-corrected chi connectivity index (χ3v) is 3.66. The molecule has 4 heteroatoms. The topological polar surface area (TPSA) is 26.0 Å². The molecule has 2 aromatic carbocycles. The van der Waals surface area contributed by atoms with Crippen LogP contribution in [0.3, 0.4) is 0 Å². The largest absolute Gasteiger partial charge is 0.441 e. The minimum atomic E-state index is -0.362. The minimum Gasteiger partial charge on any atom is -0.441 e. The molecule has 1 aromatic heterocycles. The van der Waals surface area contributed by atoms with Crippen molar-refractivity contribution in [2.24, 2.45) is 0 Å². The molecule has 0 fully saturated rings. The van der Waals surface area contributed by atoms with Crippen LogP contribution >= 0.6 is 11.6 Å². The summed E-state index contributed by atoms with van der Waals surface area (Å²) in [5, 5.41) is -0.362. The highest BCUT2D eigenvalue weighted by Gasteiger charge is 2.16. The lowest BCUT2D eigenvalue weighted by atomic mass is 10.0. The third kappa shape index (κ3) is 2.54. The van der Waals surface area contributed by atoms with Crippen LogP contribution in [0.5, 0.6) is 0 Å². The summed E-state index contributed by atoms with van der Waals surface area (Å²) < 4.78 is 19.0. The van der Waals surface area contributed by atoms with Gasteiger partial charge in [-0.25, -0.2) is 9.37 Å². The number of alkyl halides is 1. The van der Waals surface area contributed by atoms with Gasteiger partial charge in [0.2, 0.25) is 0 Å². The van der Waals surface area contributed by atoms with E-state index in [0.717, 1.165) is 22.2 Å². The second kappa shape index (κ2) is 5.25. The first-order chi connectivity index (χ1) is 9.63. The molecule has 20 heavy (non-hydrogen) atoms. The molecular weight excluding hydrogens is 277 g/mol. The number of hydrogen-bond acceptors (Lipinski definition) is 2. The molecule has 0 radical (unpaired) electrons. The van der Waals surface area contributed by atoms with Crippen LogP contribution in [0.25, 0.3) is 11.1 Å². The molecule has 0 aliphatic heterocycles. The lowest BCUT2D eigenvalue weighted by Crippen LogP contribution is -1.99. The fourth-order valence-electron chi connectivity index (χ4n) is 2.22. The summed E-state index contributed by atoms with van der Waals surface area (Å²) in [7, 11) is 0. The smallest absolute Gasteiger partial charge is 0.197 e. The Morgan fingerprint density at radius 1 is 1.25 bits per heavy atom. The SMILES string of the molecule is Cc1ccc(F)cc1C(Cl)Cc1nc2ccccc2o1. The van der Waals surface area contributed by atoms with Crippen molar-refractivity contribution in [3.63, 3.8) is 0 Å². The number of fused-ring (bicyclic) bond motifs is 1. The minimum absolute atomic E-state index is 0.284. The number of aromatic nitrogens is 1. The molecule has 0 N–H and O–H groups in total. The Morgan fingerprint density at radius 3 is 2.85 bits per heavy atom. The maximum atomic E-state index is 13.3. The molecule has 0 saturated carbocycles. The van der Waals surface area contributed by atoms with E-state index in [-0.39, 0.29) is 11.2 Å². The van der Waals surface area contributed by atoms with Crippen molar-refractivity contribution in [1.29, 1.82) is 0 Å². The van der Waals surface area contributed by atoms with Gasteiger partial charge in [-0.3, -0.25) is 0 Å². The van der Waals surface area contributed by atoms with Crippen molar-refractivity contribution >= 4 is 22.7 Å². The zero-order chi connectivity index (χ0) is 14.1. The van der Waals surface area contributed by atoms with Crippen LogP contribution in [0, 0.1) is 12.7 Å². The summed E-state index contributed by atoms with van der Waals surface area (Å²) in [6.07, 6.45) is 0.431. The standard InChI is InChI=1S/C16H13ClFNO/c1-10-6-7-11(18)8-12(10)13(17)9-16-19-14-4-2-3-5-15(14)20-16/h2-8,13H,9H2,1H3. The highest BCUT2D eigenvalue weighted by Crippen LogP contribution is 2.29. The molecule has 0 bridgehead atoms. The van der Waals surface area contributed by atoms with Gasteiger partial charge in [0.25, 0.3) is 0 Å². The molecule has 2 nitrogen and oxygen atoms in total. The molecule has 0 aliphatic rings. The number of aryl methyl sites for hydroxylation is 1. The Morgan fingerprint density at radius 2 is 2.05 bits per heavy atom. The van der Waals surface area contributed by atoms with Crippen LogP contribution in [0.1, 0.15) is 22.4 Å². The number of para-hydroxylation sites is 2. The van der Waals surface area contributed by atoms with Gasteiger partial charge in [0, 0.05) is 6.42 Å². The van der Waals surface area contributed by atoms with E-state index < -0.39 is 0 Å². The maximum absolute atomic E-state index is 13.3. The fraction of sp³-hybridized carbons (Fsp3) is 0.188. The lowest BCUT2D eigenvalue weighted by molar-refractivity contribution is 0.524. The molecule has 102 valence electrons. The van der Waals surface area contributed by atoms with Gasteiger partial charge in [-0.1, -0.05) is 18.2 Å². The van der Waals surface area contributed by atoms with E-state index in [1.807, 2.05) is 31.2 Å². The first-order valence-corrected chi connectivity index (χ1v) is 6.81. The Bertz CT molecular complexity index is 720. The summed E-state index contributed by atoms with van der Waals surface area (Å²) in [6, 6.07) is 12.2. The second-order valence-electron chi connectivity index (χ2n) is 4.75. The summed E-state index contributed by atoms with van der Waals surface area (Å²) in [6.45, 7) is 1.91. The number of oxazole rings is 1. The Hall–Kier alpha value is -1.87. The molecule has 0 saturated heterocycles. The van der Waals surface area contributed by atoms with Crippen molar-refractivity contribution in [1.82, 2.24) is 4.98 Å². The highest BCUT2D eigenvalue weighted by molar-refractivity contribution is 6.21. The summed E-state index contributed by atoms with van der Waals surface area (Å²) in [5.74, 6) is 0.281. The molecule has 3 aromatic rings. The molecule has 0 spiro atoms. The molecule has 0 aliphatic carbocycles. The molecule has 0 amide bonds. The number of nitrogens with zero attached hydrogens (tertiary/aromatic N) is 1. The summed E-state index contributed by atoms with van der Waals surface area (Å²) in [4.78, 5) is 4.39. The number of halogens is 2. The highest BCUT2D eigenvalue weighted by atomic mass is 35.5. The van der Waals surface area contributed by atoms with Crippen molar-refractivity contribution in [3.05, 3.63) is 65.3 Å². The van der Waals surface area contributed by atoms with Gasteiger partial charge in [-0.15, -0.1) is 11.6 Å². The van der Waals surface area contributed by atoms with Crippen molar-refractivity contribution < 1.29 is 8.81 Å². The van der Waals surface area contributed by atoms with Crippen LogP contribution in [0.2, 0.25) is 0 Å². The normalized spacial score (nSPS) is 12.8. The summed E-state index contributed by atoms with van der Waals surface area (Å²) >= 11 is 6.38. The van der Waals surface area contributed by atoms with Gasteiger partial charge in [0.1, 0.15) is 11.3 Å². The number of hydrogen-bond donors (Lipinski definition) is 0. The van der Waals surface area contributed by atoms with Crippen LogP contribution in [0.4, 0.5) is 4.39 Å². The molecule has 1 unspecified atom stereocenters. The van der Waals surface area contributed by atoms with E-state index >= 15 is 0 Å². The first kappa shape index (κ1) is 13.1. The van der Waals surface area contributed by atoms with E-state index in [1.54, 1.807) is 6.07 Å². The van der Waals surface area contributed by atoms with Crippen LogP contribution < -0.4 is 0 Å². The van der Waals surface area contributed by atoms with Crippen molar-refractivity contribution in [2.45, 2.75) is 18.7 Å². The monoisotopic (exact) mass is 289 g/mol. The van der Waals surface area contributed by atoms with Gasteiger partial charge in [0.05, 0.1) is 5.38 Å². The lowest BCUT2D eigenvalue weighted by Gasteiger charge is -2.10. The zero-order valence-electron chi connectivity index (χ0n) is 10.9. The van der Waals surface area contributed by atoms with E-state index in [0.29, 0.717) is 12.3 Å². The van der Waals surface area contributed by atoms with Crippen LogP contribution in [-0.4, -0.2) is 4.98 Å². The van der Waals surface area contributed by atoms with Crippen LogP contribution in [-0.2, 0) is 6.42 Å². The van der Waals surface area contributed by atoms with E-state index in [1.165, 1.54) is 12.1 Å². The van der Waals surface area contributed by atoms with Gasteiger partial charge in [0.15, 0.2) is 11.5 Å². The van der Waals surface area contributed by atoms with Gasteiger partial charge in [-0.05, 0) is 42.3 Å². The predicted octanol–water partition coefficient (Wildman–Crippen LogP) is 4.80. The molecule has 3 rings (SSSR count). The van der Waals surface area contributed by atoms with E-state index in [9.17, 15) is 4.39 Å².